The van der Waals surface area contributed by atoms with Gasteiger partial charge in [-0.15, -0.1) is 0 Å². The third-order valence-corrected chi connectivity index (χ3v) is 5.96. The highest BCUT2D eigenvalue weighted by Gasteiger charge is 2.24. The Morgan fingerprint density at radius 1 is 0.944 bits per heavy atom. The Kier molecular flexibility index (Phi) is 8.03. The molecule has 0 atom stereocenters. The molecule has 3 rings (SSSR count). The number of allylic oxidation sites excluding steroid dienone is 2. The molecule has 0 spiro atoms. The van der Waals surface area contributed by atoms with Gasteiger partial charge in [0.2, 0.25) is 0 Å². The first-order chi connectivity index (χ1) is 16.9. The maximum absolute atomic E-state index is 15.2. The molecular formula is C31H32FNO3. The number of hydrogen-bond acceptors (Lipinski definition) is 3. The van der Waals surface area contributed by atoms with Crippen molar-refractivity contribution in [3.63, 3.8) is 0 Å². The summed E-state index contributed by atoms with van der Waals surface area (Å²) in [5.41, 5.74) is 5.31. The number of Topliss-reactive ketones (excluding diaryl/α,β-unsaturated/α-hetero) is 1. The number of halogens is 1. The van der Waals surface area contributed by atoms with Crippen molar-refractivity contribution in [1.82, 2.24) is 0 Å². The van der Waals surface area contributed by atoms with Gasteiger partial charge in [-0.05, 0) is 60.1 Å². The van der Waals surface area contributed by atoms with Crippen LogP contribution in [0.4, 0.5) is 10.1 Å². The van der Waals surface area contributed by atoms with Crippen molar-refractivity contribution in [2.45, 2.75) is 48.0 Å². The minimum Gasteiger partial charge on any atom is -0.295 e. The summed E-state index contributed by atoms with van der Waals surface area (Å²) in [4.78, 5) is 24.2. The lowest BCUT2D eigenvalue weighted by Gasteiger charge is -2.21. The molecule has 3 aromatic rings. The number of non-ortho nitro benzene ring substituents is 1. The normalized spacial score (nSPS) is 12.8. The second-order valence-corrected chi connectivity index (χ2v) is 10.4. The monoisotopic (exact) mass is 485 g/mol. The second-order valence-electron chi connectivity index (χ2n) is 10.4. The molecule has 186 valence electrons. The Morgan fingerprint density at radius 3 is 2.28 bits per heavy atom. The van der Waals surface area contributed by atoms with Gasteiger partial charge in [-0.2, -0.15) is 0 Å². The van der Waals surface area contributed by atoms with Crippen LogP contribution in [0.5, 0.6) is 0 Å². The summed E-state index contributed by atoms with van der Waals surface area (Å²) in [6.45, 7) is 11.7. The fourth-order valence-electron chi connectivity index (χ4n) is 4.23. The molecule has 0 aliphatic heterocycles. The van der Waals surface area contributed by atoms with E-state index in [0.29, 0.717) is 28.7 Å². The number of benzene rings is 3. The third kappa shape index (κ3) is 6.42. The van der Waals surface area contributed by atoms with Crippen molar-refractivity contribution in [2.75, 3.05) is 0 Å². The number of aryl methyl sites for hydroxylation is 1. The van der Waals surface area contributed by atoms with E-state index >= 15 is 4.39 Å². The summed E-state index contributed by atoms with van der Waals surface area (Å²) in [5.74, 6) is -0.434. The number of carbonyl (C=O) groups excluding carboxylic acids is 1. The van der Waals surface area contributed by atoms with Gasteiger partial charge in [0.25, 0.3) is 5.69 Å². The lowest BCUT2D eigenvalue weighted by molar-refractivity contribution is -0.384. The molecule has 0 aliphatic carbocycles. The average molecular weight is 486 g/mol. The molecule has 0 amide bonds. The van der Waals surface area contributed by atoms with E-state index in [0.717, 1.165) is 22.3 Å². The number of nitrogens with zero attached hydrogens (tertiary/aromatic N) is 1. The first-order valence-corrected chi connectivity index (χ1v) is 11.9. The van der Waals surface area contributed by atoms with Crippen LogP contribution in [0, 0.1) is 28.3 Å². The van der Waals surface area contributed by atoms with Crippen molar-refractivity contribution in [3.8, 4) is 0 Å². The lowest BCUT2D eigenvalue weighted by Crippen LogP contribution is -2.15. The quantitative estimate of drug-likeness (QED) is 0.146. The van der Waals surface area contributed by atoms with Gasteiger partial charge in [0.05, 0.1) is 4.92 Å². The van der Waals surface area contributed by atoms with Crippen molar-refractivity contribution in [2.24, 2.45) is 5.41 Å². The summed E-state index contributed by atoms with van der Waals surface area (Å²) < 4.78 is 15.2. The predicted molar refractivity (Wildman–Crippen MR) is 145 cm³/mol. The molecule has 4 nitrogen and oxygen atoms in total. The molecule has 36 heavy (non-hydrogen) atoms. The molecule has 0 N–H and O–H groups in total. The Labute approximate surface area is 212 Å². The first-order valence-electron chi connectivity index (χ1n) is 11.9. The van der Waals surface area contributed by atoms with E-state index in [1.165, 1.54) is 18.2 Å². The summed E-state index contributed by atoms with van der Waals surface area (Å²) in [6.07, 6.45) is 2.20. The molecule has 0 fully saturated rings. The highest BCUT2D eigenvalue weighted by molar-refractivity contribution is 6.07. The third-order valence-electron chi connectivity index (χ3n) is 5.96. The van der Waals surface area contributed by atoms with Crippen LogP contribution in [0.3, 0.4) is 0 Å². The molecule has 0 heterocycles. The van der Waals surface area contributed by atoms with Crippen LogP contribution < -0.4 is 0 Å². The van der Waals surface area contributed by atoms with Crippen LogP contribution in [0.25, 0.3) is 17.2 Å². The van der Waals surface area contributed by atoms with E-state index in [4.69, 9.17) is 0 Å². The molecule has 0 saturated heterocycles. The summed E-state index contributed by atoms with van der Waals surface area (Å²) in [7, 11) is 0. The molecule has 0 unspecified atom stereocenters. The fourth-order valence-corrected chi connectivity index (χ4v) is 4.23. The van der Waals surface area contributed by atoms with Gasteiger partial charge in [0.15, 0.2) is 5.78 Å². The fraction of sp³-hybridized carbons (Fsp3) is 0.258. The molecule has 3 aromatic carbocycles. The highest BCUT2D eigenvalue weighted by atomic mass is 19.1. The van der Waals surface area contributed by atoms with Crippen LogP contribution in [-0.4, -0.2) is 10.7 Å². The van der Waals surface area contributed by atoms with E-state index in [2.05, 4.69) is 0 Å². The van der Waals surface area contributed by atoms with Crippen LogP contribution in [0.1, 0.15) is 68.9 Å². The molecule has 0 aromatic heterocycles. The highest BCUT2D eigenvalue weighted by Crippen LogP contribution is 2.36. The lowest BCUT2D eigenvalue weighted by atomic mass is 9.82. The Bertz CT molecular complexity index is 1380. The molecule has 0 radical (unpaired) electrons. The number of rotatable bonds is 7. The average Bonchev–Trinajstić information content (AvgIpc) is 2.79. The van der Waals surface area contributed by atoms with Gasteiger partial charge in [0.1, 0.15) is 5.82 Å². The molecule has 0 saturated carbocycles. The van der Waals surface area contributed by atoms with Crippen molar-refractivity contribution in [1.29, 1.82) is 0 Å². The number of carbonyl (C=O) groups is 1. The number of nitro benzene ring substituents is 1. The van der Waals surface area contributed by atoms with E-state index in [1.54, 1.807) is 37.3 Å². The van der Waals surface area contributed by atoms with Crippen LogP contribution in [-0.2, 0) is 4.79 Å². The first kappa shape index (κ1) is 26.7. The molecule has 0 aliphatic rings. The number of nitro groups is 1. The van der Waals surface area contributed by atoms with Crippen molar-refractivity contribution >= 4 is 28.7 Å². The molecular weight excluding hydrogens is 453 g/mol. The smallest absolute Gasteiger partial charge is 0.270 e. The summed E-state index contributed by atoms with van der Waals surface area (Å²) in [6, 6.07) is 18.8. The van der Waals surface area contributed by atoms with E-state index in [9.17, 15) is 14.9 Å². The molecule has 0 bridgehead atoms. The minimum absolute atomic E-state index is 0.0104. The zero-order chi connectivity index (χ0) is 26.6. The zero-order valence-electron chi connectivity index (χ0n) is 21.7. The van der Waals surface area contributed by atoms with Gasteiger partial charge in [-0.25, -0.2) is 4.39 Å². The van der Waals surface area contributed by atoms with Crippen molar-refractivity contribution < 1.29 is 14.1 Å². The predicted octanol–water partition coefficient (Wildman–Crippen LogP) is 8.43. The van der Waals surface area contributed by atoms with Crippen LogP contribution in [0.15, 0.2) is 72.3 Å². The standard InChI is InChI=1S/C31H32FNO3/c1-20-14-15-25(21(2)17-23-10-9-11-24(18-23)33(35)36)27(16-20)30(26-12-7-8-13-28(26)32)22(3)29(34)19-31(4,5)6/h7-18H,19H2,1-6H3/b21-17-,30-22+. The largest absolute Gasteiger partial charge is 0.295 e. The van der Waals surface area contributed by atoms with E-state index in [-0.39, 0.29) is 16.9 Å². The van der Waals surface area contributed by atoms with Crippen molar-refractivity contribution in [3.05, 3.63) is 116 Å². The van der Waals surface area contributed by atoms with Crippen LogP contribution in [0.2, 0.25) is 0 Å². The van der Waals surface area contributed by atoms with Gasteiger partial charge in [-0.3, -0.25) is 14.9 Å². The summed E-state index contributed by atoms with van der Waals surface area (Å²) in [5, 5.41) is 11.2. The van der Waals surface area contributed by atoms with Gasteiger partial charge in [-0.1, -0.05) is 80.9 Å². The SMILES string of the molecule is C/C(=C/c1cccc([N+](=O)[O-])c1)c1ccc(C)cc1/C(=C(\C)C(=O)CC(C)(C)C)c1ccccc1F. The van der Waals surface area contributed by atoms with Crippen LogP contribution >= 0.6 is 0 Å². The maximum Gasteiger partial charge on any atom is 0.270 e. The Balaban J connectivity index is 2.28. The Hall–Kier alpha value is -3.86. The van der Waals surface area contributed by atoms with Gasteiger partial charge >= 0.3 is 0 Å². The topological polar surface area (TPSA) is 60.2 Å². The zero-order valence-corrected chi connectivity index (χ0v) is 21.7. The van der Waals surface area contributed by atoms with Gasteiger partial charge < -0.3 is 0 Å². The minimum atomic E-state index is -0.423. The molecule has 5 heteroatoms. The van der Waals surface area contributed by atoms with Gasteiger partial charge in [0, 0.05) is 29.7 Å². The Morgan fingerprint density at radius 2 is 1.64 bits per heavy atom. The van der Waals surface area contributed by atoms with E-state index in [1.807, 2.05) is 58.9 Å². The summed E-state index contributed by atoms with van der Waals surface area (Å²) >= 11 is 0. The number of hydrogen-bond donors (Lipinski definition) is 0. The van der Waals surface area contributed by atoms with E-state index < -0.39 is 10.7 Å². The number of ketones is 1. The second kappa shape index (κ2) is 10.8. The maximum atomic E-state index is 15.2.